The number of rotatable bonds is 6. The molecule has 0 heterocycles. The maximum Gasteiger partial charge on any atom is 0.0105 e. The van der Waals surface area contributed by atoms with Crippen molar-refractivity contribution >= 4 is 0 Å². The fraction of sp³-hybridized carbons (Fsp3) is 1.00. The van der Waals surface area contributed by atoms with Gasteiger partial charge >= 0.3 is 0 Å². The molecule has 2 heteroatoms. The molecule has 4 unspecified atom stereocenters. The van der Waals surface area contributed by atoms with E-state index in [-0.39, 0.29) is 0 Å². The van der Waals surface area contributed by atoms with Gasteiger partial charge in [-0.2, -0.15) is 0 Å². The molecule has 0 spiro atoms. The minimum absolute atomic E-state index is 0.717. The predicted molar refractivity (Wildman–Crippen MR) is 76.4 cm³/mol. The fourth-order valence-electron chi connectivity index (χ4n) is 3.18. The molecule has 1 aliphatic rings. The maximum atomic E-state index is 3.53. The van der Waals surface area contributed by atoms with E-state index in [1.807, 2.05) is 0 Å². The van der Waals surface area contributed by atoms with Crippen molar-refractivity contribution in [2.45, 2.75) is 65.0 Å². The molecule has 0 aliphatic heterocycles. The van der Waals surface area contributed by atoms with Crippen molar-refractivity contribution in [3.05, 3.63) is 0 Å². The molecular formula is C15H32N2. The molecule has 1 N–H and O–H groups in total. The summed E-state index contributed by atoms with van der Waals surface area (Å²) in [7, 11) is 4.42. The maximum absolute atomic E-state index is 3.53. The Hall–Kier alpha value is -0.0800. The van der Waals surface area contributed by atoms with Gasteiger partial charge in [-0.3, -0.25) is 0 Å². The van der Waals surface area contributed by atoms with Gasteiger partial charge in [-0.1, -0.05) is 20.3 Å². The van der Waals surface area contributed by atoms with Crippen LogP contribution in [0.1, 0.15) is 52.9 Å². The third-order valence-electron chi connectivity index (χ3n) is 4.90. The van der Waals surface area contributed by atoms with Crippen LogP contribution in [0, 0.1) is 11.8 Å². The van der Waals surface area contributed by atoms with Gasteiger partial charge in [-0.05, 0) is 58.5 Å². The summed E-state index contributed by atoms with van der Waals surface area (Å²) < 4.78 is 0. The van der Waals surface area contributed by atoms with Gasteiger partial charge in [0.25, 0.3) is 0 Å². The summed E-state index contributed by atoms with van der Waals surface area (Å²) in [5, 5.41) is 3.53. The molecule has 1 aliphatic carbocycles. The molecule has 0 bridgehead atoms. The van der Waals surface area contributed by atoms with Crippen molar-refractivity contribution < 1.29 is 0 Å². The Morgan fingerprint density at radius 2 is 2.00 bits per heavy atom. The molecule has 1 saturated carbocycles. The number of hydrogen-bond donors (Lipinski definition) is 1. The highest BCUT2D eigenvalue weighted by Crippen LogP contribution is 2.31. The van der Waals surface area contributed by atoms with E-state index in [1.54, 1.807) is 0 Å². The number of nitrogens with zero attached hydrogens (tertiary/aromatic N) is 1. The number of nitrogens with one attached hydrogen (secondary N) is 1. The van der Waals surface area contributed by atoms with Gasteiger partial charge in [-0.25, -0.2) is 0 Å². The van der Waals surface area contributed by atoms with Gasteiger partial charge in [0.05, 0.1) is 0 Å². The first-order valence-corrected chi connectivity index (χ1v) is 7.49. The highest BCUT2D eigenvalue weighted by molar-refractivity contribution is 4.85. The largest absolute Gasteiger partial charge is 0.317 e. The molecule has 0 amide bonds. The van der Waals surface area contributed by atoms with Crippen molar-refractivity contribution in [1.29, 1.82) is 0 Å². The van der Waals surface area contributed by atoms with Crippen LogP contribution in [0.4, 0.5) is 0 Å². The predicted octanol–water partition coefficient (Wildman–Crippen LogP) is 3.13. The van der Waals surface area contributed by atoms with Crippen LogP contribution in [0.2, 0.25) is 0 Å². The van der Waals surface area contributed by atoms with Crippen LogP contribution in [0.5, 0.6) is 0 Å². The van der Waals surface area contributed by atoms with E-state index >= 15 is 0 Å². The molecule has 0 aromatic carbocycles. The highest BCUT2D eigenvalue weighted by Gasteiger charge is 2.29. The molecule has 0 aromatic heterocycles. The lowest BCUT2D eigenvalue weighted by Gasteiger charge is -2.39. The van der Waals surface area contributed by atoms with Crippen molar-refractivity contribution in [3.8, 4) is 0 Å². The first kappa shape index (κ1) is 15.0. The lowest BCUT2D eigenvalue weighted by Crippen LogP contribution is -2.45. The molecule has 2 nitrogen and oxygen atoms in total. The van der Waals surface area contributed by atoms with Crippen molar-refractivity contribution in [2.75, 3.05) is 20.6 Å². The van der Waals surface area contributed by atoms with Gasteiger partial charge in [-0.15, -0.1) is 0 Å². The monoisotopic (exact) mass is 240 g/mol. The minimum Gasteiger partial charge on any atom is -0.317 e. The summed E-state index contributed by atoms with van der Waals surface area (Å²) in [4.78, 5) is 2.55. The highest BCUT2D eigenvalue weighted by atomic mass is 15.1. The van der Waals surface area contributed by atoms with E-state index in [0.29, 0.717) is 0 Å². The molecule has 1 rings (SSSR count). The van der Waals surface area contributed by atoms with Crippen LogP contribution in [-0.4, -0.2) is 37.6 Å². The average Bonchev–Trinajstić information content (AvgIpc) is 2.37. The van der Waals surface area contributed by atoms with Crippen LogP contribution >= 0.6 is 0 Å². The Morgan fingerprint density at radius 1 is 1.29 bits per heavy atom. The van der Waals surface area contributed by atoms with Gasteiger partial charge in [0.1, 0.15) is 0 Å². The van der Waals surface area contributed by atoms with Gasteiger partial charge in [0, 0.05) is 18.6 Å². The Morgan fingerprint density at radius 3 is 2.53 bits per heavy atom. The fourth-order valence-corrected chi connectivity index (χ4v) is 3.18. The molecule has 0 radical (unpaired) electrons. The third-order valence-corrected chi connectivity index (χ3v) is 4.90. The second-order valence-electron chi connectivity index (χ2n) is 5.94. The van der Waals surface area contributed by atoms with E-state index in [4.69, 9.17) is 0 Å². The van der Waals surface area contributed by atoms with Crippen LogP contribution < -0.4 is 5.32 Å². The average molecular weight is 240 g/mol. The molecule has 0 saturated heterocycles. The van der Waals surface area contributed by atoms with Crippen LogP contribution in [0.3, 0.4) is 0 Å². The smallest absolute Gasteiger partial charge is 0.0105 e. The molecular weight excluding hydrogens is 208 g/mol. The quantitative estimate of drug-likeness (QED) is 0.767. The topological polar surface area (TPSA) is 15.3 Å². The van der Waals surface area contributed by atoms with Crippen LogP contribution in [0.25, 0.3) is 0 Å². The second-order valence-corrected chi connectivity index (χ2v) is 5.94. The zero-order valence-corrected chi connectivity index (χ0v) is 12.5. The van der Waals surface area contributed by atoms with E-state index in [2.05, 4.69) is 45.1 Å². The molecule has 102 valence electrons. The Balaban J connectivity index is 2.51. The molecule has 4 atom stereocenters. The van der Waals surface area contributed by atoms with E-state index in [0.717, 1.165) is 23.9 Å². The SMILES string of the molecule is CCC1CCC(NC)C(CN(C)C(C)CC)C1. The summed E-state index contributed by atoms with van der Waals surface area (Å²) in [5.74, 6) is 1.81. The van der Waals surface area contributed by atoms with Crippen molar-refractivity contribution in [2.24, 2.45) is 11.8 Å². The first-order valence-electron chi connectivity index (χ1n) is 7.49. The van der Waals surface area contributed by atoms with E-state index in [9.17, 15) is 0 Å². The zero-order chi connectivity index (χ0) is 12.8. The first-order chi connectivity index (χ1) is 8.12. The summed E-state index contributed by atoms with van der Waals surface area (Å²) in [6.45, 7) is 8.23. The van der Waals surface area contributed by atoms with Crippen LogP contribution in [-0.2, 0) is 0 Å². The van der Waals surface area contributed by atoms with Gasteiger partial charge in [0.15, 0.2) is 0 Å². The van der Waals surface area contributed by atoms with E-state index < -0.39 is 0 Å². The lowest BCUT2D eigenvalue weighted by atomic mass is 9.76. The normalized spacial score (nSPS) is 31.8. The Labute approximate surface area is 108 Å². The Kier molecular flexibility index (Phi) is 6.50. The van der Waals surface area contributed by atoms with Gasteiger partial charge < -0.3 is 10.2 Å². The molecule has 17 heavy (non-hydrogen) atoms. The van der Waals surface area contributed by atoms with Crippen molar-refractivity contribution in [3.63, 3.8) is 0 Å². The van der Waals surface area contributed by atoms with Crippen molar-refractivity contribution in [1.82, 2.24) is 10.2 Å². The standard InChI is InChI=1S/C15H32N2/c1-6-12(3)17(5)11-14-10-13(7-2)8-9-15(14)16-4/h12-16H,6-11H2,1-5H3. The van der Waals surface area contributed by atoms with E-state index in [1.165, 1.54) is 38.6 Å². The second kappa shape index (κ2) is 7.38. The van der Waals surface area contributed by atoms with Gasteiger partial charge in [0.2, 0.25) is 0 Å². The molecule has 1 fully saturated rings. The summed E-state index contributed by atoms with van der Waals surface area (Å²) in [5.41, 5.74) is 0. The molecule has 0 aromatic rings. The Bertz CT molecular complexity index is 205. The summed E-state index contributed by atoms with van der Waals surface area (Å²) >= 11 is 0. The zero-order valence-electron chi connectivity index (χ0n) is 12.5. The third kappa shape index (κ3) is 4.26. The number of hydrogen-bond acceptors (Lipinski definition) is 2. The summed E-state index contributed by atoms with van der Waals surface area (Å²) in [6.07, 6.45) is 6.83. The summed E-state index contributed by atoms with van der Waals surface area (Å²) in [6, 6.07) is 1.46. The minimum atomic E-state index is 0.717. The van der Waals surface area contributed by atoms with Crippen LogP contribution in [0.15, 0.2) is 0 Å². The lowest BCUT2D eigenvalue weighted by molar-refractivity contribution is 0.134.